The zero-order valence-electron chi connectivity index (χ0n) is 10.6. The SMILES string of the molecule is CCOC(=O)N1CCC(NCCc2nccs2)C1. The Balaban J connectivity index is 1.65. The molecule has 1 N–H and O–H groups in total. The molecule has 1 fully saturated rings. The van der Waals surface area contributed by atoms with E-state index in [2.05, 4.69) is 10.3 Å². The molecule has 0 bridgehead atoms. The molecule has 0 aliphatic carbocycles. The number of hydrogen-bond donors (Lipinski definition) is 1. The summed E-state index contributed by atoms with van der Waals surface area (Å²) >= 11 is 1.68. The normalized spacial score (nSPS) is 19.2. The standard InChI is InChI=1S/C12H19N3O2S/c1-2-17-12(16)15-7-4-10(9-15)13-5-3-11-14-6-8-18-11/h6,8,10,13H,2-5,7,9H2,1H3. The first-order valence-electron chi connectivity index (χ1n) is 6.33. The molecule has 6 heteroatoms. The number of aromatic nitrogens is 1. The van der Waals surface area contributed by atoms with Gasteiger partial charge in [0.05, 0.1) is 11.6 Å². The van der Waals surface area contributed by atoms with Gasteiger partial charge in [0.2, 0.25) is 0 Å². The van der Waals surface area contributed by atoms with Gasteiger partial charge in [0, 0.05) is 43.7 Å². The lowest BCUT2D eigenvalue weighted by atomic mass is 10.2. The summed E-state index contributed by atoms with van der Waals surface area (Å²) in [5, 5.41) is 6.61. The van der Waals surface area contributed by atoms with Crippen molar-refractivity contribution in [1.29, 1.82) is 0 Å². The second kappa shape index (κ2) is 6.70. The number of likely N-dealkylation sites (tertiary alicyclic amines) is 1. The van der Waals surface area contributed by atoms with Crippen molar-refractivity contribution in [3.63, 3.8) is 0 Å². The Hall–Kier alpha value is -1.14. The van der Waals surface area contributed by atoms with Gasteiger partial charge in [-0.2, -0.15) is 0 Å². The van der Waals surface area contributed by atoms with Crippen molar-refractivity contribution in [2.75, 3.05) is 26.2 Å². The van der Waals surface area contributed by atoms with Gasteiger partial charge in [-0.3, -0.25) is 0 Å². The fourth-order valence-electron chi connectivity index (χ4n) is 2.07. The number of carbonyl (C=O) groups excluding carboxylic acids is 1. The molecule has 1 saturated heterocycles. The number of nitrogens with one attached hydrogen (secondary N) is 1. The maximum absolute atomic E-state index is 11.5. The van der Waals surface area contributed by atoms with Crippen molar-refractivity contribution >= 4 is 17.4 Å². The Labute approximate surface area is 111 Å². The third kappa shape index (κ3) is 3.68. The van der Waals surface area contributed by atoms with Crippen LogP contribution in [0.25, 0.3) is 0 Å². The lowest BCUT2D eigenvalue weighted by Crippen LogP contribution is -2.36. The molecule has 1 atom stereocenters. The van der Waals surface area contributed by atoms with Crippen LogP contribution >= 0.6 is 11.3 Å². The first-order valence-corrected chi connectivity index (χ1v) is 7.21. The van der Waals surface area contributed by atoms with Crippen LogP contribution in [0.1, 0.15) is 18.4 Å². The van der Waals surface area contributed by atoms with Crippen LogP contribution in [0.5, 0.6) is 0 Å². The summed E-state index contributed by atoms with van der Waals surface area (Å²) in [6.45, 7) is 4.72. The molecule has 0 aromatic carbocycles. The van der Waals surface area contributed by atoms with Crippen LogP contribution in [0.15, 0.2) is 11.6 Å². The van der Waals surface area contributed by atoms with E-state index < -0.39 is 0 Å². The average Bonchev–Trinajstić information content (AvgIpc) is 3.00. The van der Waals surface area contributed by atoms with Crippen LogP contribution in [0.2, 0.25) is 0 Å². The summed E-state index contributed by atoms with van der Waals surface area (Å²) in [6.07, 6.45) is 3.59. The summed E-state index contributed by atoms with van der Waals surface area (Å²) in [5.41, 5.74) is 0. The van der Waals surface area contributed by atoms with E-state index in [0.717, 1.165) is 37.5 Å². The topological polar surface area (TPSA) is 54.5 Å². The van der Waals surface area contributed by atoms with E-state index in [1.165, 1.54) is 0 Å². The van der Waals surface area contributed by atoms with Gasteiger partial charge in [-0.05, 0) is 13.3 Å². The number of nitrogens with zero attached hydrogens (tertiary/aromatic N) is 2. The van der Waals surface area contributed by atoms with Crippen molar-refractivity contribution < 1.29 is 9.53 Å². The van der Waals surface area contributed by atoms with Crippen molar-refractivity contribution in [2.45, 2.75) is 25.8 Å². The molecule has 18 heavy (non-hydrogen) atoms. The van der Waals surface area contributed by atoms with Crippen molar-refractivity contribution in [3.8, 4) is 0 Å². The van der Waals surface area contributed by atoms with E-state index in [9.17, 15) is 4.79 Å². The summed E-state index contributed by atoms with van der Waals surface area (Å²) in [7, 11) is 0. The maximum atomic E-state index is 11.5. The Morgan fingerprint density at radius 1 is 1.72 bits per heavy atom. The molecular formula is C12H19N3O2S. The first kappa shape index (κ1) is 13.3. The smallest absolute Gasteiger partial charge is 0.409 e. The summed E-state index contributed by atoms with van der Waals surface area (Å²) < 4.78 is 4.99. The van der Waals surface area contributed by atoms with Gasteiger partial charge < -0.3 is 15.0 Å². The molecule has 100 valence electrons. The van der Waals surface area contributed by atoms with Gasteiger partial charge in [-0.15, -0.1) is 11.3 Å². The minimum atomic E-state index is -0.193. The Bertz CT molecular complexity index is 369. The zero-order chi connectivity index (χ0) is 12.8. The van der Waals surface area contributed by atoms with Gasteiger partial charge in [0.1, 0.15) is 0 Å². The largest absolute Gasteiger partial charge is 0.450 e. The van der Waals surface area contributed by atoms with E-state index >= 15 is 0 Å². The fourth-order valence-corrected chi connectivity index (χ4v) is 2.69. The lowest BCUT2D eigenvalue weighted by Gasteiger charge is -2.16. The average molecular weight is 269 g/mol. The molecule has 2 heterocycles. The number of thiazole rings is 1. The maximum Gasteiger partial charge on any atom is 0.409 e. The molecule has 0 saturated carbocycles. The highest BCUT2D eigenvalue weighted by molar-refractivity contribution is 7.09. The molecule has 2 rings (SSSR count). The molecule has 1 aromatic heterocycles. The summed E-state index contributed by atoms with van der Waals surface area (Å²) in [4.78, 5) is 17.5. The van der Waals surface area contributed by atoms with E-state index in [0.29, 0.717) is 12.6 Å². The predicted octanol–water partition coefficient (Wildman–Crippen LogP) is 1.51. The molecule has 1 unspecified atom stereocenters. The molecule has 0 radical (unpaired) electrons. The van der Waals surface area contributed by atoms with Gasteiger partial charge in [0.15, 0.2) is 0 Å². The molecule has 1 aliphatic heterocycles. The first-order chi connectivity index (χ1) is 8.79. The monoisotopic (exact) mass is 269 g/mol. The second-order valence-corrected chi connectivity index (χ2v) is 5.24. The number of carbonyl (C=O) groups is 1. The number of amides is 1. The number of hydrogen-bond acceptors (Lipinski definition) is 5. The van der Waals surface area contributed by atoms with Crippen LogP contribution in [0.3, 0.4) is 0 Å². The quantitative estimate of drug-likeness (QED) is 0.880. The number of ether oxygens (including phenoxy) is 1. The van der Waals surface area contributed by atoms with Gasteiger partial charge in [0.25, 0.3) is 0 Å². The van der Waals surface area contributed by atoms with E-state index in [4.69, 9.17) is 4.74 Å². The minimum Gasteiger partial charge on any atom is -0.450 e. The van der Waals surface area contributed by atoms with Crippen molar-refractivity contribution in [3.05, 3.63) is 16.6 Å². The highest BCUT2D eigenvalue weighted by Gasteiger charge is 2.26. The van der Waals surface area contributed by atoms with Crippen LogP contribution < -0.4 is 5.32 Å². The zero-order valence-corrected chi connectivity index (χ0v) is 11.4. The summed E-state index contributed by atoms with van der Waals surface area (Å²) in [6, 6.07) is 0.384. The van der Waals surface area contributed by atoms with Crippen molar-refractivity contribution in [2.24, 2.45) is 0 Å². The molecular weight excluding hydrogens is 250 g/mol. The second-order valence-electron chi connectivity index (χ2n) is 4.26. The van der Waals surface area contributed by atoms with E-state index in [1.807, 2.05) is 18.5 Å². The molecule has 1 aromatic rings. The third-order valence-electron chi connectivity index (χ3n) is 2.97. The molecule has 0 spiro atoms. The Morgan fingerprint density at radius 3 is 3.33 bits per heavy atom. The van der Waals surface area contributed by atoms with Gasteiger partial charge in [-0.1, -0.05) is 0 Å². The fraction of sp³-hybridized carbons (Fsp3) is 0.667. The van der Waals surface area contributed by atoms with Crippen LogP contribution in [0, 0.1) is 0 Å². The summed E-state index contributed by atoms with van der Waals surface area (Å²) in [5.74, 6) is 0. The molecule has 1 amide bonds. The van der Waals surface area contributed by atoms with Crippen LogP contribution in [-0.4, -0.2) is 48.3 Å². The van der Waals surface area contributed by atoms with E-state index in [1.54, 1.807) is 16.2 Å². The van der Waals surface area contributed by atoms with E-state index in [-0.39, 0.29) is 6.09 Å². The predicted molar refractivity (Wildman–Crippen MR) is 70.8 cm³/mol. The van der Waals surface area contributed by atoms with Gasteiger partial charge >= 0.3 is 6.09 Å². The van der Waals surface area contributed by atoms with Crippen LogP contribution in [-0.2, 0) is 11.2 Å². The Morgan fingerprint density at radius 2 is 2.61 bits per heavy atom. The van der Waals surface area contributed by atoms with Gasteiger partial charge in [-0.25, -0.2) is 9.78 Å². The Kier molecular flexibility index (Phi) is 4.95. The highest BCUT2D eigenvalue weighted by Crippen LogP contribution is 2.11. The molecule has 1 aliphatic rings. The highest BCUT2D eigenvalue weighted by atomic mass is 32.1. The van der Waals surface area contributed by atoms with Crippen molar-refractivity contribution in [1.82, 2.24) is 15.2 Å². The lowest BCUT2D eigenvalue weighted by molar-refractivity contribution is 0.115. The third-order valence-corrected chi connectivity index (χ3v) is 3.81. The number of rotatable bonds is 5. The minimum absolute atomic E-state index is 0.193. The van der Waals surface area contributed by atoms with Crippen LogP contribution in [0.4, 0.5) is 4.79 Å². The molecule has 5 nitrogen and oxygen atoms in total.